The summed E-state index contributed by atoms with van der Waals surface area (Å²) in [6.45, 7) is 0.622. The number of sulfonamides is 1. The first-order chi connectivity index (χ1) is 13.7. The van der Waals surface area contributed by atoms with Crippen molar-refractivity contribution in [1.82, 2.24) is 0 Å². The van der Waals surface area contributed by atoms with E-state index in [2.05, 4.69) is 0 Å². The molecule has 0 fully saturated rings. The summed E-state index contributed by atoms with van der Waals surface area (Å²) in [4.78, 5) is 24.7. The highest BCUT2D eigenvalue weighted by molar-refractivity contribution is 7.92. The van der Waals surface area contributed by atoms with Crippen LogP contribution in [0.15, 0.2) is 42.5 Å². The molecule has 2 rings (SSSR count). The average molecular weight is 421 g/mol. The van der Waals surface area contributed by atoms with Gasteiger partial charge in [-0.15, -0.1) is 0 Å². The molecular weight excluding hydrogens is 398 g/mol. The van der Waals surface area contributed by atoms with Gasteiger partial charge >= 0.3 is 5.97 Å². The van der Waals surface area contributed by atoms with Gasteiger partial charge < -0.3 is 14.2 Å². The molecular formula is C20H23NO7S. The van der Waals surface area contributed by atoms with Crippen molar-refractivity contribution in [2.24, 2.45) is 0 Å². The van der Waals surface area contributed by atoms with Crippen LogP contribution in [0.4, 0.5) is 5.69 Å². The van der Waals surface area contributed by atoms with E-state index in [0.29, 0.717) is 22.7 Å². The molecule has 8 nitrogen and oxygen atoms in total. The molecule has 29 heavy (non-hydrogen) atoms. The Balaban J connectivity index is 2.12. The monoisotopic (exact) mass is 421 g/mol. The van der Waals surface area contributed by atoms with Crippen LogP contribution in [0, 0.1) is 6.92 Å². The van der Waals surface area contributed by atoms with Crippen LogP contribution < -0.4 is 13.8 Å². The number of anilines is 1. The highest BCUT2D eigenvalue weighted by Gasteiger charge is 2.24. The lowest BCUT2D eigenvalue weighted by molar-refractivity contribution is -0.140. The van der Waals surface area contributed by atoms with E-state index in [1.807, 2.05) is 0 Å². The molecule has 0 saturated heterocycles. The molecule has 0 aliphatic rings. The van der Waals surface area contributed by atoms with Gasteiger partial charge in [-0.2, -0.15) is 0 Å². The standard InChI is InChI=1S/C20H23NO7S/c1-14-7-5-6-8-17(14)21(29(4,24)25)12-20(23)28-13-18(22)16-11-15(26-2)9-10-19(16)27-3/h5-11H,12-13H2,1-4H3. The van der Waals surface area contributed by atoms with E-state index in [0.717, 1.165) is 10.6 Å². The Morgan fingerprint density at radius 3 is 2.31 bits per heavy atom. The maximum absolute atomic E-state index is 12.5. The lowest BCUT2D eigenvalue weighted by Crippen LogP contribution is -2.36. The van der Waals surface area contributed by atoms with Gasteiger partial charge in [0, 0.05) is 0 Å². The van der Waals surface area contributed by atoms with Crippen LogP contribution >= 0.6 is 0 Å². The molecule has 2 aromatic rings. The molecule has 0 atom stereocenters. The number of benzene rings is 2. The second-order valence-corrected chi connectivity index (χ2v) is 8.11. The Kier molecular flexibility index (Phi) is 7.22. The van der Waals surface area contributed by atoms with Crippen molar-refractivity contribution in [2.75, 3.05) is 37.9 Å². The number of hydrogen-bond acceptors (Lipinski definition) is 7. The molecule has 0 aromatic heterocycles. The van der Waals surface area contributed by atoms with E-state index in [-0.39, 0.29) is 5.56 Å². The Labute approximate surface area is 170 Å². The Hall–Kier alpha value is -3.07. The molecule has 9 heteroatoms. The molecule has 156 valence electrons. The predicted octanol–water partition coefficient (Wildman–Crippen LogP) is 2.20. The lowest BCUT2D eigenvalue weighted by atomic mass is 10.1. The smallest absolute Gasteiger partial charge is 0.327 e. The van der Waals surface area contributed by atoms with Gasteiger partial charge in [-0.25, -0.2) is 8.42 Å². The Morgan fingerprint density at radius 1 is 1.03 bits per heavy atom. The number of Topliss-reactive ketones (excluding diaryl/α,β-unsaturated/α-hetero) is 1. The fourth-order valence-corrected chi connectivity index (χ4v) is 3.55. The largest absolute Gasteiger partial charge is 0.497 e. The molecule has 0 aliphatic carbocycles. The van der Waals surface area contributed by atoms with E-state index in [4.69, 9.17) is 14.2 Å². The number of ether oxygens (including phenoxy) is 3. The van der Waals surface area contributed by atoms with E-state index in [1.54, 1.807) is 43.3 Å². The van der Waals surface area contributed by atoms with E-state index >= 15 is 0 Å². The van der Waals surface area contributed by atoms with Crippen LogP contribution in [0.1, 0.15) is 15.9 Å². The van der Waals surface area contributed by atoms with Crippen molar-refractivity contribution < 1.29 is 32.2 Å². The summed E-state index contributed by atoms with van der Waals surface area (Å²) in [6, 6.07) is 11.4. The Bertz CT molecular complexity index is 1000. The zero-order valence-electron chi connectivity index (χ0n) is 16.7. The third kappa shape index (κ3) is 5.71. The van der Waals surface area contributed by atoms with Gasteiger partial charge in [0.05, 0.1) is 31.7 Å². The normalized spacial score (nSPS) is 10.9. The second kappa shape index (κ2) is 9.42. The SMILES string of the molecule is COc1ccc(OC)c(C(=O)COC(=O)CN(c2ccccc2C)S(C)(=O)=O)c1. The van der Waals surface area contributed by atoms with Crippen molar-refractivity contribution in [2.45, 2.75) is 6.92 Å². The summed E-state index contributed by atoms with van der Waals surface area (Å²) in [5, 5.41) is 0. The fraction of sp³-hybridized carbons (Fsp3) is 0.300. The minimum absolute atomic E-state index is 0.193. The number of rotatable bonds is 9. The second-order valence-electron chi connectivity index (χ2n) is 6.21. The number of esters is 1. The van der Waals surface area contributed by atoms with Gasteiger partial charge in [-0.1, -0.05) is 18.2 Å². The molecule has 2 aromatic carbocycles. The van der Waals surface area contributed by atoms with E-state index in [1.165, 1.54) is 20.3 Å². The number of carbonyl (C=O) groups excluding carboxylic acids is 2. The van der Waals surface area contributed by atoms with Crippen molar-refractivity contribution in [3.8, 4) is 11.5 Å². The maximum Gasteiger partial charge on any atom is 0.327 e. The Morgan fingerprint density at radius 2 is 1.72 bits per heavy atom. The van der Waals surface area contributed by atoms with Gasteiger partial charge in [0.1, 0.15) is 18.0 Å². The van der Waals surface area contributed by atoms with Crippen LogP contribution in [0.3, 0.4) is 0 Å². The topological polar surface area (TPSA) is 99.2 Å². The molecule has 0 spiro atoms. The minimum atomic E-state index is -3.73. The average Bonchev–Trinajstić information content (AvgIpc) is 2.69. The highest BCUT2D eigenvalue weighted by atomic mass is 32.2. The molecule has 0 saturated carbocycles. The third-order valence-electron chi connectivity index (χ3n) is 4.13. The zero-order chi connectivity index (χ0) is 21.6. The van der Waals surface area contributed by atoms with Crippen LogP contribution in [0.25, 0.3) is 0 Å². The van der Waals surface area contributed by atoms with Crippen molar-refractivity contribution in [3.05, 3.63) is 53.6 Å². The van der Waals surface area contributed by atoms with Gasteiger partial charge in [0.15, 0.2) is 6.61 Å². The van der Waals surface area contributed by atoms with Crippen molar-refractivity contribution in [1.29, 1.82) is 0 Å². The van der Waals surface area contributed by atoms with Gasteiger partial charge in [-0.3, -0.25) is 13.9 Å². The zero-order valence-corrected chi connectivity index (χ0v) is 17.5. The number of nitrogens with zero attached hydrogens (tertiary/aromatic N) is 1. The van der Waals surface area contributed by atoms with Gasteiger partial charge in [0.25, 0.3) is 0 Å². The van der Waals surface area contributed by atoms with Crippen molar-refractivity contribution in [3.63, 3.8) is 0 Å². The first-order valence-corrected chi connectivity index (χ1v) is 10.5. The molecule has 0 radical (unpaired) electrons. The van der Waals surface area contributed by atoms with E-state index < -0.39 is 34.9 Å². The summed E-state index contributed by atoms with van der Waals surface area (Å²) in [5.41, 5.74) is 1.24. The fourth-order valence-electron chi connectivity index (χ4n) is 2.64. The van der Waals surface area contributed by atoms with Crippen LogP contribution in [-0.4, -0.2) is 53.8 Å². The minimum Gasteiger partial charge on any atom is -0.497 e. The number of ketones is 1. The van der Waals surface area contributed by atoms with Gasteiger partial charge in [-0.05, 0) is 36.8 Å². The number of para-hydroxylation sites is 1. The number of carbonyl (C=O) groups is 2. The molecule has 0 unspecified atom stereocenters. The van der Waals surface area contributed by atoms with Gasteiger partial charge in [0.2, 0.25) is 15.8 Å². The first-order valence-electron chi connectivity index (χ1n) is 8.61. The number of aryl methyl sites for hydroxylation is 1. The van der Waals surface area contributed by atoms with Crippen LogP contribution in [-0.2, 0) is 19.6 Å². The van der Waals surface area contributed by atoms with Crippen LogP contribution in [0.2, 0.25) is 0 Å². The van der Waals surface area contributed by atoms with Crippen molar-refractivity contribution >= 4 is 27.5 Å². The number of hydrogen-bond donors (Lipinski definition) is 0. The molecule has 0 amide bonds. The molecule has 0 N–H and O–H groups in total. The number of methoxy groups -OCH3 is 2. The summed E-state index contributed by atoms with van der Waals surface area (Å²) >= 11 is 0. The first kappa shape index (κ1) is 22.2. The highest BCUT2D eigenvalue weighted by Crippen LogP contribution is 2.25. The molecule has 0 heterocycles. The van der Waals surface area contributed by atoms with Crippen LogP contribution in [0.5, 0.6) is 11.5 Å². The molecule has 0 aliphatic heterocycles. The maximum atomic E-state index is 12.5. The summed E-state index contributed by atoms with van der Waals surface area (Å²) in [5.74, 6) is -0.599. The van der Waals surface area contributed by atoms with E-state index in [9.17, 15) is 18.0 Å². The third-order valence-corrected chi connectivity index (χ3v) is 5.25. The lowest BCUT2D eigenvalue weighted by Gasteiger charge is -2.23. The summed E-state index contributed by atoms with van der Waals surface area (Å²) in [6.07, 6.45) is 0.999. The summed E-state index contributed by atoms with van der Waals surface area (Å²) < 4.78 is 40.5. The molecule has 0 bridgehead atoms. The quantitative estimate of drug-likeness (QED) is 0.452. The summed E-state index contributed by atoms with van der Waals surface area (Å²) in [7, 11) is -0.862. The predicted molar refractivity (Wildman–Crippen MR) is 108 cm³/mol.